The Morgan fingerprint density at radius 1 is 1.03 bits per heavy atom. The van der Waals surface area contributed by atoms with Crippen LogP contribution < -0.4 is 0 Å². The third-order valence-corrected chi connectivity index (χ3v) is 5.32. The Bertz CT molecular complexity index is 1100. The minimum absolute atomic E-state index is 0.0863. The van der Waals surface area contributed by atoms with Crippen LogP contribution in [0.1, 0.15) is 22.7 Å². The van der Waals surface area contributed by atoms with Crippen LogP contribution in [0.5, 0.6) is 0 Å². The van der Waals surface area contributed by atoms with Crippen LogP contribution in [0.15, 0.2) is 89.2 Å². The van der Waals surface area contributed by atoms with Gasteiger partial charge in [-0.05, 0) is 29.3 Å². The Morgan fingerprint density at radius 3 is 2.52 bits per heavy atom. The number of carbonyl (C=O) groups is 2. The van der Waals surface area contributed by atoms with E-state index in [4.69, 9.17) is 0 Å². The average Bonchev–Trinajstić information content (AvgIpc) is 2.99. The van der Waals surface area contributed by atoms with Gasteiger partial charge >= 0.3 is 0 Å². The second kappa shape index (κ2) is 8.01. The second-order valence-electron chi connectivity index (χ2n) is 6.71. The molecule has 1 N–H and O–H groups in total. The van der Waals surface area contributed by atoms with Crippen molar-refractivity contribution in [2.75, 3.05) is 0 Å². The highest BCUT2D eigenvalue weighted by Gasteiger charge is 2.46. The molecule has 6 heteroatoms. The molecule has 1 aromatic heterocycles. The normalized spacial score (nSPS) is 18.2. The molecule has 2 heterocycles. The summed E-state index contributed by atoms with van der Waals surface area (Å²) in [6, 6.07) is 19.1. The summed E-state index contributed by atoms with van der Waals surface area (Å²) in [4.78, 5) is 31.5. The van der Waals surface area contributed by atoms with Crippen LogP contribution in [0.2, 0.25) is 0 Å². The number of rotatable bonds is 4. The van der Waals surface area contributed by atoms with Crippen molar-refractivity contribution in [1.29, 1.82) is 0 Å². The minimum Gasteiger partial charge on any atom is -0.507 e. The first-order valence-corrected chi connectivity index (χ1v) is 9.84. The predicted octanol–water partition coefficient (Wildman–Crippen LogP) is 4.47. The van der Waals surface area contributed by atoms with Crippen molar-refractivity contribution in [2.45, 2.75) is 12.6 Å². The summed E-state index contributed by atoms with van der Waals surface area (Å²) in [5, 5.41) is 10.9. The molecule has 29 heavy (non-hydrogen) atoms. The van der Waals surface area contributed by atoms with E-state index in [0.29, 0.717) is 5.56 Å². The summed E-state index contributed by atoms with van der Waals surface area (Å²) >= 11 is 3.45. The van der Waals surface area contributed by atoms with Crippen molar-refractivity contribution in [3.63, 3.8) is 0 Å². The third kappa shape index (κ3) is 3.71. The summed E-state index contributed by atoms with van der Waals surface area (Å²) in [7, 11) is 0. The number of Topliss-reactive ketones (excluding diaryl/α,β-unsaturated/α-hetero) is 1. The molecule has 4 rings (SSSR count). The lowest BCUT2D eigenvalue weighted by molar-refractivity contribution is -0.140. The summed E-state index contributed by atoms with van der Waals surface area (Å²) in [6.45, 7) is 0.209. The van der Waals surface area contributed by atoms with E-state index in [9.17, 15) is 14.7 Å². The van der Waals surface area contributed by atoms with Gasteiger partial charge in [-0.3, -0.25) is 14.6 Å². The van der Waals surface area contributed by atoms with Gasteiger partial charge in [0, 0.05) is 29.0 Å². The fourth-order valence-corrected chi connectivity index (χ4v) is 3.92. The van der Waals surface area contributed by atoms with Gasteiger partial charge in [0.25, 0.3) is 11.7 Å². The van der Waals surface area contributed by atoms with E-state index >= 15 is 0 Å². The number of aliphatic hydroxyl groups is 1. The number of aliphatic hydroxyl groups excluding tert-OH is 1. The van der Waals surface area contributed by atoms with Crippen molar-refractivity contribution in [3.8, 4) is 0 Å². The SMILES string of the molecule is O=C1C(=O)N(Cc2cccnc2)C(c2cccc(Br)c2)C1=C(O)c1ccccc1. The van der Waals surface area contributed by atoms with Gasteiger partial charge in [0.15, 0.2) is 0 Å². The number of nitrogens with zero attached hydrogens (tertiary/aromatic N) is 2. The van der Waals surface area contributed by atoms with Gasteiger partial charge in [0.1, 0.15) is 5.76 Å². The summed E-state index contributed by atoms with van der Waals surface area (Å²) < 4.78 is 0.821. The zero-order chi connectivity index (χ0) is 20.4. The summed E-state index contributed by atoms with van der Waals surface area (Å²) in [5.41, 5.74) is 2.11. The molecule has 0 bridgehead atoms. The molecule has 1 aliphatic rings. The number of likely N-dealkylation sites (tertiary alicyclic amines) is 1. The maximum atomic E-state index is 13.0. The lowest BCUT2D eigenvalue weighted by Crippen LogP contribution is -2.29. The molecule has 1 amide bonds. The van der Waals surface area contributed by atoms with Gasteiger partial charge in [0.2, 0.25) is 0 Å². The van der Waals surface area contributed by atoms with Gasteiger partial charge in [-0.1, -0.05) is 64.5 Å². The van der Waals surface area contributed by atoms with E-state index < -0.39 is 17.7 Å². The maximum absolute atomic E-state index is 13.0. The van der Waals surface area contributed by atoms with Crippen LogP contribution in [0, 0.1) is 0 Å². The highest BCUT2D eigenvalue weighted by molar-refractivity contribution is 9.10. The van der Waals surface area contributed by atoms with Crippen LogP contribution in [0.4, 0.5) is 0 Å². The summed E-state index contributed by atoms with van der Waals surface area (Å²) in [6.07, 6.45) is 3.31. The minimum atomic E-state index is -0.701. The zero-order valence-electron chi connectivity index (χ0n) is 15.3. The molecule has 3 aromatic rings. The van der Waals surface area contributed by atoms with Crippen LogP contribution in [0.3, 0.4) is 0 Å². The Hall–Kier alpha value is -3.25. The molecule has 0 aliphatic carbocycles. The zero-order valence-corrected chi connectivity index (χ0v) is 16.9. The monoisotopic (exact) mass is 448 g/mol. The Labute approximate surface area is 176 Å². The number of hydrogen-bond acceptors (Lipinski definition) is 4. The molecule has 1 saturated heterocycles. The first kappa shape index (κ1) is 19.1. The number of amides is 1. The molecular formula is C23H17BrN2O3. The smallest absolute Gasteiger partial charge is 0.295 e. The fraction of sp³-hybridized carbons (Fsp3) is 0.0870. The topological polar surface area (TPSA) is 70.5 Å². The first-order chi connectivity index (χ1) is 14.1. The number of carbonyl (C=O) groups excluding carboxylic acids is 2. The summed E-state index contributed by atoms with van der Waals surface area (Å²) in [5.74, 6) is -1.51. The number of hydrogen-bond donors (Lipinski definition) is 1. The van der Waals surface area contributed by atoms with Gasteiger partial charge in [0.05, 0.1) is 11.6 Å². The Kier molecular flexibility index (Phi) is 5.27. The molecule has 1 aliphatic heterocycles. The third-order valence-electron chi connectivity index (χ3n) is 4.83. The van der Waals surface area contributed by atoms with E-state index in [2.05, 4.69) is 20.9 Å². The lowest BCUT2D eigenvalue weighted by Gasteiger charge is -2.25. The quantitative estimate of drug-likeness (QED) is 0.363. The largest absolute Gasteiger partial charge is 0.507 e. The Morgan fingerprint density at radius 2 is 1.83 bits per heavy atom. The average molecular weight is 449 g/mol. The number of halogens is 1. The fourth-order valence-electron chi connectivity index (χ4n) is 3.51. The highest BCUT2D eigenvalue weighted by Crippen LogP contribution is 2.40. The highest BCUT2D eigenvalue weighted by atomic mass is 79.9. The van der Waals surface area contributed by atoms with Crippen molar-refractivity contribution in [3.05, 3.63) is 106 Å². The van der Waals surface area contributed by atoms with Crippen molar-refractivity contribution >= 4 is 33.4 Å². The van der Waals surface area contributed by atoms with Gasteiger partial charge in [-0.2, -0.15) is 0 Å². The van der Waals surface area contributed by atoms with Crippen LogP contribution >= 0.6 is 15.9 Å². The standard InChI is InChI=1S/C23H17BrN2O3/c24-18-10-4-9-17(12-18)20-19(21(27)16-7-2-1-3-8-16)22(28)23(29)26(20)14-15-6-5-11-25-13-15/h1-13,20,27H,14H2. The first-order valence-electron chi connectivity index (χ1n) is 9.04. The molecule has 2 aromatic carbocycles. The molecule has 5 nitrogen and oxygen atoms in total. The molecule has 144 valence electrons. The lowest BCUT2D eigenvalue weighted by atomic mass is 9.95. The molecule has 1 fully saturated rings. The van der Waals surface area contributed by atoms with Gasteiger partial charge < -0.3 is 10.0 Å². The molecule has 0 saturated carbocycles. The molecule has 0 spiro atoms. The van der Waals surface area contributed by atoms with Crippen LogP contribution in [-0.2, 0) is 16.1 Å². The number of aromatic nitrogens is 1. The maximum Gasteiger partial charge on any atom is 0.295 e. The predicted molar refractivity (Wildman–Crippen MR) is 113 cm³/mol. The Balaban J connectivity index is 1.87. The van der Waals surface area contributed by atoms with E-state index in [1.165, 1.54) is 4.90 Å². The van der Waals surface area contributed by atoms with Gasteiger partial charge in [-0.15, -0.1) is 0 Å². The van der Waals surface area contributed by atoms with E-state index in [-0.39, 0.29) is 17.9 Å². The van der Waals surface area contributed by atoms with E-state index in [1.54, 1.807) is 42.7 Å². The molecule has 0 radical (unpaired) electrons. The number of ketones is 1. The molecule has 1 atom stereocenters. The molecule has 1 unspecified atom stereocenters. The number of pyridine rings is 1. The van der Waals surface area contributed by atoms with Gasteiger partial charge in [-0.25, -0.2) is 0 Å². The van der Waals surface area contributed by atoms with Crippen LogP contribution in [0.25, 0.3) is 5.76 Å². The van der Waals surface area contributed by atoms with Crippen LogP contribution in [-0.4, -0.2) is 26.7 Å². The second-order valence-corrected chi connectivity index (χ2v) is 7.62. The van der Waals surface area contributed by atoms with Crippen molar-refractivity contribution in [1.82, 2.24) is 9.88 Å². The van der Waals surface area contributed by atoms with E-state index in [1.807, 2.05) is 36.4 Å². The van der Waals surface area contributed by atoms with Crippen molar-refractivity contribution < 1.29 is 14.7 Å². The molecular weight excluding hydrogens is 432 g/mol. The van der Waals surface area contributed by atoms with Crippen molar-refractivity contribution in [2.24, 2.45) is 0 Å². The van der Waals surface area contributed by atoms with E-state index in [0.717, 1.165) is 15.6 Å². The number of benzene rings is 2.